The number of hydrogen-bond acceptors (Lipinski definition) is 4. The molecule has 0 saturated heterocycles. The first kappa shape index (κ1) is 12.4. The summed E-state index contributed by atoms with van der Waals surface area (Å²) in [7, 11) is 0. The van der Waals surface area contributed by atoms with Gasteiger partial charge in [0, 0.05) is 5.56 Å². The second-order valence-electron chi connectivity index (χ2n) is 3.59. The Morgan fingerprint density at radius 1 is 1.44 bits per heavy atom. The van der Waals surface area contributed by atoms with Crippen molar-refractivity contribution in [3.05, 3.63) is 51.2 Å². The average Bonchev–Trinajstić information content (AvgIpc) is 2.32. The molecule has 1 aromatic carbocycles. The van der Waals surface area contributed by atoms with E-state index < -0.39 is 10.7 Å². The van der Waals surface area contributed by atoms with Crippen molar-refractivity contribution in [2.75, 3.05) is 0 Å². The van der Waals surface area contributed by atoms with Crippen LogP contribution in [-0.2, 0) is 0 Å². The smallest absolute Gasteiger partial charge is 0.258 e. The lowest BCUT2D eigenvalue weighted by molar-refractivity contribution is -0.384. The summed E-state index contributed by atoms with van der Waals surface area (Å²) in [5.41, 5.74) is 0.414. The summed E-state index contributed by atoms with van der Waals surface area (Å²) in [4.78, 5) is 17.5. The van der Waals surface area contributed by atoms with E-state index in [4.69, 9.17) is 11.6 Å². The zero-order chi connectivity index (χ0) is 13.3. The van der Waals surface area contributed by atoms with Gasteiger partial charge in [0.2, 0.25) is 5.28 Å². The fourth-order valence-electron chi connectivity index (χ4n) is 1.44. The van der Waals surface area contributed by atoms with Gasteiger partial charge < -0.3 is 0 Å². The van der Waals surface area contributed by atoms with E-state index in [1.807, 2.05) is 0 Å². The van der Waals surface area contributed by atoms with Crippen molar-refractivity contribution in [1.82, 2.24) is 9.97 Å². The molecule has 0 aliphatic carbocycles. The van der Waals surface area contributed by atoms with Crippen molar-refractivity contribution in [3.8, 4) is 11.3 Å². The lowest BCUT2D eigenvalue weighted by Crippen LogP contribution is -1.97. The van der Waals surface area contributed by atoms with Crippen molar-refractivity contribution in [3.63, 3.8) is 0 Å². The van der Waals surface area contributed by atoms with Gasteiger partial charge in [0.15, 0.2) is 5.69 Å². The van der Waals surface area contributed by atoms with Crippen LogP contribution in [0.1, 0.15) is 5.56 Å². The zero-order valence-electron chi connectivity index (χ0n) is 9.22. The quantitative estimate of drug-likeness (QED) is 0.476. The van der Waals surface area contributed by atoms with Gasteiger partial charge in [-0.05, 0) is 30.2 Å². The van der Waals surface area contributed by atoms with Gasteiger partial charge in [0.1, 0.15) is 12.0 Å². The van der Waals surface area contributed by atoms with Crippen LogP contribution in [0.4, 0.5) is 10.1 Å². The summed E-state index contributed by atoms with van der Waals surface area (Å²) >= 11 is 5.60. The van der Waals surface area contributed by atoms with Crippen LogP contribution in [0.15, 0.2) is 24.4 Å². The van der Waals surface area contributed by atoms with Crippen molar-refractivity contribution >= 4 is 17.3 Å². The molecule has 92 valence electrons. The number of aromatic nitrogens is 2. The first-order valence-corrected chi connectivity index (χ1v) is 5.30. The van der Waals surface area contributed by atoms with E-state index in [2.05, 4.69) is 9.97 Å². The highest BCUT2D eigenvalue weighted by Gasteiger charge is 2.19. The Morgan fingerprint density at radius 3 is 2.78 bits per heavy atom. The Labute approximate surface area is 106 Å². The van der Waals surface area contributed by atoms with Crippen LogP contribution < -0.4 is 0 Å². The molecule has 2 rings (SSSR count). The second-order valence-corrected chi connectivity index (χ2v) is 3.93. The Bertz CT molecular complexity index is 634. The largest absolute Gasteiger partial charge is 0.313 e. The maximum absolute atomic E-state index is 13.5. The van der Waals surface area contributed by atoms with Crippen molar-refractivity contribution in [1.29, 1.82) is 0 Å². The SMILES string of the molecule is Cc1ccc(-c2nc(Cl)ncc2[N+](=O)[O-])cc1F. The lowest BCUT2D eigenvalue weighted by Gasteiger charge is -2.04. The molecule has 0 fully saturated rings. The first-order chi connectivity index (χ1) is 8.49. The third-order valence-electron chi connectivity index (χ3n) is 2.38. The van der Waals surface area contributed by atoms with E-state index in [0.29, 0.717) is 5.56 Å². The molecule has 0 aliphatic rings. The molecular weight excluding hydrogens is 261 g/mol. The Hall–Kier alpha value is -2.08. The molecule has 0 radical (unpaired) electrons. The maximum atomic E-state index is 13.5. The Balaban J connectivity index is 2.65. The van der Waals surface area contributed by atoms with Crippen molar-refractivity contribution in [2.24, 2.45) is 0 Å². The van der Waals surface area contributed by atoms with Crippen LogP contribution in [0.5, 0.6) is 0 Å². The number of aryl methyl sites for hydroxylation is 1. The molecule has 0 unspecified atom stereocenters. The molecule has 18 heavy (non-hydrogen) atoms. The number of benzene rings is 1. The molecule has 7 heteroatoms. The normalized spacial score (nSPS) is 10.4. The maximum Gasteiger partial charge on any atom is 0.313 e. The summed E-state index contributed by atoms with van der Waals surface area (Å²) in [6.07, 6.45) is 1.00. The van der Waals surface area contributed by atoms with Gasteiger partial charge in [0.25, 0.3) is 0 Å². The molecule has 0 bridgehead atoms. The van der Waals surface area contributed by atoms with E-state index in [0.717, 1.165) is 6.20 Å². The van der Waals surface area contributed by atoms with E-state index in [1.165, 1.54) is 12.1 Å². The van der Waals surface area contributed by atoms with Gasteiger partial charge in [-0.15, -0.1) is 0 Å². The summed E-state index contributed by atoms with van der Waals surface area (Å²) in [6, 6.07) is 4.25. The molecule has 0 aliphatic heterocycles. The number of hydrogen-bond donors (Lipinski definition) is 0. The van der Waals surface area contributed by atoms with Gasteiger partial charge in [-0.1, -0.05) is 12.1 Å². The Kier molecular flexibility index (Phi) is 3.20. The number of nitro groups is 1. The minimum Gasteiger partial charge on any atom is -0.258 e. The summed E-state index contributed by atoms with van der Waals surface area (Å²) in [6.45, 7) is 1.60. The van der Waals surface area contributed by atoms with Gasteiger partial charge in [-0.2, -0.15) is 0 Å². The van der Waals surface area contributed by atoms with E-state index in [-0.39, 0.29) is 22.2 Å². The van der Waals surface area contributed by atoms with Gasteiger partial charge >= 0.3 is 5.69 Å². The average molecular weight is 268 g/mol. The fourth-order valence-corrected chi connectivity index (χ4v) is 1.57. The molecular formula is C11H7ClFN3O2. The molecule has 5 nitrogen and oxygen atoms in total. The fraction of sp³-hybridized carbons (Fsp3) is 0.0909. The van der Waals surface area contributed by atoms with Crippen LogP contribution in [-0.4, -0.2) is 14.9 Å². The minimum absolute atomic E-state index is 0.00102. The highest BCUT2D eigenvalue weighted by Crippen LogP contribution is 2.29. The standard InChI is InChI=1S/C11H7ClFN3O2/c1-6-2-3-7(4-8(6)13)10-9(16(17)18)5-14-11(12)15-10/h2-5H,1H3. The van der Waals surface area contributed by atoms with Gasteiger partial charge in [0.05, 0.1) is 4.92 Å². The van der Waals surface area contributed by atoms with Crippen LogP contribution in [0, 0.1) is 22.9 Å². The summed E-state index contributed by atoms with van der Waals surface area (Å²) in [5.74, 6) is -0.462. The van der Waals surface area contributed by atoms with Crippen molar-refractivity contribution in [2.45, 2.75) is 6.92 Å². The molecule has 0 spiro atoms. The number of rotatable bonds is 2. The van der Waals surface area contributed by atoms with Gasteiger partial charge in [-0.25, -0.2) is 14.4 Å². The highest BCUT2D eigenvalue weighted by molar-refractivity contribution is 6.28. The summed E-state index contributed by atoms with van der Waals surface area (Å²) in [5, 5.41) is 10.7. The molecule has 0 N–H and O–H groups in total. The van der Waals surface area contributed by atoms with Crippen LogP contribution in [0.25, 0.3) is 11.3 Å². The first-order valence-electron chi connectivity index (χ1n) is 4.92. The third-order valence-corrected chi connectivity index (χ3v) is 2.56. The van der Waals surface area contributed by atoms with Gasteiger partial charge in [-0.3, -0.25) is 10.1 Å². The second kappa shape index (κ2) is 4.66. The number of nitrogens with zero attached hydrogens (tertiary/aromatic N) is 3. The van der Waals surface area contributed by atoms with Crippen LogP contribution >= 0.6 is 11.6 Å². The monoisotopic (exact) mass is 267 g/mol. The predicted molar refractivity (Wildman–Crippen MR) is 63.8 cm³/mol. The van der Waals surface area contributed by atoms with Crippen LogP contribution in [0.2, 0.25) is 5.28 Å². The Morgan fingerprint density at radius 2 is 2.17 bits per heavy atom. The molecule has 2 aromatic rings. The molecule has 1 heterocycles. The van der Waals surface area contributed by atoms with Crippen molar-refractivity contribution < 1.29 is 9.31 Å². The molecule has 0 saturated carbocycles. The minimum atomic E-state index is -0.635. The van der Waals surface area contributed by atoms with E-state index in [1.54, 1.807) is 13.0 Å². The van der Waals surface area contributed by atoms with E-state index >= 15 is 0 Å². The zero-order valence-corrected chi connectivity index (χ0v) is 9.98. The highest BCUT2D eigenvalue weighted by atomic mass is 35.5. The predicted octanol–water partition coefficient (Wildman–Crippen LogP) is 3.15. The molecule has 0 amide bonds. The number of halogens is 2. The van der Waals surface area contributed by atoms with Crippen LogP contribution in [0.3, 0.4) is 0 Å². The molecule has 0 atom stereocenters. The summed E-state index contributed by atoms with van der Waals surface area (Å²) < 4.78 is 13.5. The lowest BCUT2D eigenvalue weighted by atomic mass is 10.1. The van der Waals surface area contributed by atoms with E-state index in [9.17, 15) is 14.5 Å². The third kappa shape index (κ3) is 2.28. The molecule has 1 aromatic heterocycles. The topological polar surface area (TPSA) is 68.9 Å².